The summed E-state index contributed by atoms with van der Waals surface area (Å²) in [6, 6.07) is 7.01. The fraction of sp³-hybridized carbons (Fsp3) is 0.520. The zero-order valence-electron chi connectivity index (χ0n) is 19.8. The number of ether oxygens (including phenoxy) is 6. The lowest BCUT2D eigenvalue weighted by Gasteiger charge is -2.36. The number of allylic oxidation sites excluding steroid dienone is 1. The Bertz CT molecular complexity index is 803. The lowest BCUT2D eigenvalue weighted by Crippen LogP contribution is -2.37. The molecular weight excluding hydrogens is 444 g/mol. The molecule has 188 valence electrons. The predicted octanol–water partition coefficient (Wildman–Crippen LogP) is 2.59. The number of carbonyl (C=O) groups is 2. The van der Waals surface area contributed by atoms with Crippen LogP contribution < -0.4 is 0 Å². The van der Waals surface area contributed by atoms with Crippen molar-refractivity contribution >= 4 is 11.9 Å². The number of esters is 2. The first-order chi connectivity index (χ1) is 16.5. The van der Waals surface area contributed by atoms with E-state index in [1.54, 1.807) is 18.2 Å². The number of hydrogen-bond donors (Lipinski definition) is 1. The van der Waals surface area contributed by atoms with Crippen LogP contribution in [-0.4, -0.2) is 76.7 Å². The first-order valence-corrected chi connectivity index (χ1v) is 11.3. The van der Waals surface area contributed by atoms with Crippen molar-refractivity contribution in [2.24, 2.45) is 5.92 Å². The van der Waals surface area contributed by atoms with Crippen molar-refractivity contribution in [3.8, 4) is 0 Å². The minimum Gasteiger partial charge on any atom is -0.465 e. The molecule has 2 rings (SSSR count). The second-order valence-corrected chi connectivity index (χ2v) is 7.40. The molecule has 1 aromatic rings. The molecule has 0 radical (unpaired) electrons. The maximum atomic E-state index is 12.5. The lowest BCUT2D eigenvalue weighted by atomic mass is 9.81. The highest BCUT2D eigenvalue weighted by Gasteiger charge is 2.38. The number of benzene rings is 1. The molecule has 1 heterocycles. The van der Waals surface area contributed by atoms with Crippen LogP contribution in [0.5, 0.6) is 0 Å². The van der Waals surface area contributed by atoms with Crippen molar-refractivity contribution in [2.75, 3.05) is 53.4 Å². The van der Waals surface area contributed by atoms with Gasteiger partial charge in [-0.05, 0) is 37.1 Å². The molecule has 1 aliphatic heterocycles. The van der Waals surface area contributed by atoms with Gasteiger partial charge in [-0.25, -0.2) is 9.59 Å². The van der Waals surface area contributed by atoms with E-state index in [1.165, 1.54) is 13.2 Å². The van der Waals surface area contributed by atoms with Crippen LogP contribution in [0.1, 0.15) is 35.2 Å². The number of carbonyl (C=O) groups excluding carboxylic acids is 2. The quantitative estimate of drug-likeness (QED) is 0.231. The molecule has 0 saturated heterocycles. The second kappa shape index (κ2) is 15.2. The summed E-state index contributed by atoms with van der Waals surface area (Å²) in [6.45, 7) is 7.29. The van der Waals surface area contributed by atoms with E-state index in [0.717, 1.165) is 5.56 Å². The topological polar surface area (TPSA) is 110 Å². The SMILES string of the molecule is C=CCOC(=O)C1=CC(c2ccc(C(=O)OC)cc2)C(CCOCCOCCO)C(OCC)O1. The Labute approximate surface area is 200 Å². The fourth-order valence-electron chi connectivity index (χ4n) is 3.58. The van der Waals surface area contributed by atoms with Gasteiger partial charge in [0.1, 0.15) is 6.61 Å². The standard InChI is InChI=1S/C25H34O9/c1-4-12-33-24(28)22-17-21(18-6-8-19(9-7-18)23(27)29-3)20(25(34-22)32-5-2)10-13-30-15-16-31-14-11-26/h4,6-9,17,20-21,25-26H,1,5,10-16H2,2-3H3. The number of rotatable bonds is 15. The van der Waals surface area contributed by atoms with Crippen LogP contribution in [0.25, 0.3) is 0 Å². The van der Waals surface area contributed by atoms with Crippen molar-refractivity contribution in [1.82, 2.24) is 0 Å². The minimum absolute atomic E-state index is 0.0319. The Balaban J connectivity index is 2.24. The molecular formula is C25H34O9. The van der Waals surface area contributed by atoms with Gasteiger partial charge < -0.3 is 33.5 Å². The minimum atomic E-state index is -0.694. The maximum absolute atomic E-state index is 12.5. The average molecular weight is 479 g/mol. The molecule has 1 aromatic carbocycles. The summed E-state index contributed by atoms with van der Waals surface area (Å²) in [7, 11) is 1.33. The van der Waals surface area contributed by atoms with E-state index >= 15 is 0 Å². The van der Waals surface area contributed by atoms with Gasteiger partial charge in [-0.1, -0.05) is 24.8 Å². The van der Waals surface area contributed by atoms with Crippen LogP contribution >= 0.6 is 0 Å². The average Bonchev–Trinajstić information content (AvgIpc) is 2.86. The van der Waals surface area contributed by atoms with Crippen LogP contribution in [0.4, 0.5) is 0 Å². The van der Waals surface area contributed by atoms with Crippen LogP contribution in [0, 0.1) is 5.92 Å². The Hall–Kier alpha value is -2.72. The van der Waals surface area contributed by atoms with Gasteiger partial charge in [-0.15, -0.1) is 0 Å². The smallest absolute Gasteiger partial charge is 0.373 e. The first-order valence-electron chi connectivity index (χ1n) is 11.3. The van der Waals surface area contributed by atoms with E-state index in [9.17, 15) is 9.59 Å². The van der Waals surface area contributed by atoms with Gasteiger partial charge in [-0.3, -0.25) is 0 Å². The Morgan fingerprint density at radius 3 is 2.41 bits per heavy atom. The molecule has 0 fully saturated rings. The monoisotopic (exact) mass is 478 g/mol. The van der Waals surface area contributed by atoms with Crippen LogP contribution in [0.2, 0.25) is 0 Å². The molecule has 0 bridgehead atoms. The molecule has 3 unspecified atom stereocenters. The summed E-state index contributed by atoms with van der Waals surface area (Å²) in [6.07, 6.45) is 3.10. The fourth-order valence-corrected chi connectivity index (χ4v) is 3.58. The third-order valence-electron chi connectivity index (χ3n) is 5.17. The molecule has 3 atom stereocenters. The van der Waals surface area contributed by atoms with E-state index in [1.807, 2.05) is 19.1 Å². The summed E-state index contributed by atoms with van der Waals surface area (Å²) in [4.78, 5) is 24.4. The number of aliphatic hydroxyl groups is 1. The molecule has 0 saturated carbocycles. The molecule has 34 heavy (non-hydrogen) atoms. The highest BCUT2D eigenvalue weighted by molar-refractivity contribution is 5.89. The lowest BCUT2D eigenvalue weighted by molar-refractivity contribution is -0.176. The normalized spacial score (nSPS) is 19.6. The summed E-state index contributed by atoms with van der Waals surface area (Å²) >= 11 is 0. The molecule has 0 amide bonds. The third-order valence-corrected chi connectivity index (χ3v) is 5.17. The highest BCUT2D eigenvalue weighted by Crippen LogP contribution is 2.39. The van der Waals surface area contributed by atoms with Crippen molar-refractivity contribution in [3.63, 3.8) is 0 Å². The van der Waals surface area contributed by atoms with Gasteiger partial charge in [0, 0.05) is 25.0 Å². The number of hydrogen-bond acceptors (Lipinski definition) is 9. The number of aliphatic hydroxyl groups excluding tert-OH is 1. The Morgan fingerprint density at radius 2 is 1.79 bits per heavy atom. The molecule has 0 aliphatic carbocycles. The van der Waals surface area contributed by atoms with Gasteiger partial charge in [0.15, 0.2) is 0 Å². The third kappa shape index (κ3) is 8.25. The Morgan fingerprint density at radius 1 is 1.09 bits per heavy atom. The van der Waals surface area contributed by atoms with Gasteiger partial charge in [0.05, 0.1) is 39.1 Å². The molecule has 0 spiro atoms. The Kier molecular flexibility index (Phi) is 12.3. The van der Waals surface area contributed by atoms with Crippen molar-refractivity contribution in [1.29, 1.82) is 0 Å². The van der Waals surface area contributed by atoms with Crippen LogP contribution in [0.15, 0.2) is 48.8 Å². The largest absolute Gasteiger partial charge is 0.465 e. The van der Waals surface area contributed by atoms with Gasteiger partial charge in [-0.2, -0.15) is 0 Å². The summed E-state index contributed by atoms with van der Waals surface area (Å²) in [5.41, 5.74) is 1.31. The van der Waals surface area contributed by atoms with Crippen LogP contribution in [0.3, 0.4) is 0 Å². The zero-order chi connectivity index (χ0) is 24.8. The van der Waals surface area contributed by atoms with E-state index in [2.05, 4.69) is 6.58 Å². The predicted molar refractivity (Wildman–Crippen MR) is 123 cm³/mol. The molecule has 9 heteroatoms. The zero-order valence-corrected chi connectivity index (χ0v) is 19.8. The second-order valence-electron chi connectivity index (χ2n) is 7.40. The van der Waals surface area contributed by atoms with Crippen molar-refractivity contribution < 1.29 is 43.1 Å². The van der Waals surface area contributed by atoms with Crippen molar-refractivity contribution in [3.05, 3.63) is 59.9 Å². The first kappa shape index (κ1) is 27.5. The van der Waals surface area contributed by atoms with E-state index < -0.39 is 18.2 Å². The summed E-state index contributed by atoms with van der Waals surface area (Å²) < 4.78 is 32.6. The molecule has 0 aromatic heterocycles. The van der Waals surface area contributed by atoms with Gasteiger partial charge in [0.2, 0.25) is 12.0 Å². The van der Waals surface area contributed by atoms with E-state index in [0.29, 0.717) is 38.4 Å². The van der Waals surface area contributed by atoms with Gasteiger partial charge in [0.25, 0.3) is 0 Å². The summed E-state index contributed by atoms with van der Waals surface area (Å²) in [5.74, 6) is -1.38. The molecule has 1 N–H and O–H groups in total. The highest BCUT2D eigenvalue weighted by atomic mass is 16.7. The van der Waals surface area contributed by atoms with E-state index in [4.69, 9.17) is 33.5 Å². The van der Waals surface area contributed by atoms with Gasteiger partial charge >= 0.3 is 11.9 Å². The summed E-state index contributed by atoms with van der Waals surface area (Å²) in [5, 5.41) is 8.76. The van der Waals surface area contributed by atoms with Crippen LogP contribution in [-0.2, 0) is 33.2 Å². The number of methoxy groups -OCH3 is 1. The molecule has 1 aliphatic rings. The van der Waals surface area contributed by atoms with E-state index in [-0.39, 0.29) is 37.4 Å². The van der Waals surface area contributed by atoms with Crippen molar-refractivity contribution in [2.45, 2.75) is 25.6 Å². The maximum Gasteiger partial charge on any atom is 0.373 e. The molecule has 9 nitrogen and oxygen atoms in total.